The Morgan fingerprint density at radius 2 is 2.05 bits per heavy atom. The van der Waals surface area contributed by atoms with Crippen molar-refractivity contribution >= 4 is 5.78 Å². The van der Waals surface area contributed by atoms with E-state index in [1.165, 1.54) is 6.07 Å². The molecular formula is C16H13FO2. The summed E-state index contributed by atoms with van der Waals surface area (Å²) in [5.41, 5.74) is 2.42. The van der Waals surface area contributed by atoms with Crippen LogP contribution in [0.2, 0.25) is 0 Å². The normalized spacial score (nSPS) is 12.9. The lowest BCUT2D eigenvalue weighted by Gasteiger charge is -2.08. The number of carbonyl (C=O) groups excluding carboxylic acids is 1. The van der Waals surface area contributed by atoms with E-state index in [1.54, 1.807) is 18.2 Å². The fourth-order valence-corrected chi connectivity index (χ4v) is 2.35. The third-order valence-corrected chi connectivity index (χ3v) is 3.33. The van der Waals surface area contributed by atoms with Gasteiger partial charge in [0.25, 0.3) is 0 Å². The minimum Gasteiger partial charge on any atom is -0.492 e. The summed E-state index contributed by atoms with van der Waals surface area (Å²) in [6.07, 6.45) is 0.798. The van der Waals surface area contributed by atoms with Crippen molar-refractivity contribution in [3.05, 3.63) is 64.5 Å². The SMILES string of the molecule is Cc1ccc(F)c(C(=O)c2cccc3c2OCC3)c1. The summed E-state index contributed by atoms with van der Waals surface area (Å²) < 4.78 is 19.3. The number of hydrogen-bond donors (Lipinski definition) is 0. The minimum atomic E-state index is -0.494. The lowest BCUT2D eigenvalue weighted by Crippen LogP contribution is -2.06. The third-order valence-electron chi connectivity index (χ3n) is 3.33. The summed E-state index contributed by atoms with van der Waals surface area (Å²) in [5.74, 6) is -0.209. The van der Waals surface area contributed by atoms with Gasteiger partial charge in [-0.25, -0.2) is 4.39 Å². The van der Waals surface area contributed by atoms with Gasteiger partial charge in [-0.05, 0) is 30.7 Å². The van der Waals surface area contributed by atoms with Crippen LogP contribution in [0.3, 0.4) is 0 Å². The van der Waals surface area contributed by atoms with Crippen LogP contribution in [0.1, 0.15) is 27.0 Å². The summed E-state index contributed by atoms with van der Waals surface area (Å²) in [5, 5.41) is 0. The van der Waals surface area contributed by atoms with Gasteiger partial charge in [0.1, 0.15) is 11.6 Å². The second-order valence-corrected chi connectivity index (χ2v) is 4.70. The predicted molar refractivity (Wildman–Crippen MR) is 70.2 cm³/mol. The van der Waals surface area contributed by atoms with Crippen LogP contribution >= 0.6 is 0 Å². The highest BCUT2D eigenvalue weighted by Gasteiger charge is 2.23. The molecule has 3 rings (SSSR count). The van der Waals surface area contributed by atoms with Crippen LogP contribution in [0.15, 0.2) is 36.4 Å². The van der Waals surface area contributed by atoms with Gasteiger partial charge in [-0.1, -0.05) is 23.8 Å². The van der Waals surface area contributed by atoms with Crippen molar-refractivity contribution < 1.29 is 13.9 Å². The van der Waals surface area contributed by atoms with Crippen LogP contribution in [0, 0.1) is 12.7 Å². The molecule has 0 bridgehead atoms. The van der Waals surface area contributed by atoms with Gasteiger partial charge in [0.15, 0.2) is 5.78 Å². The third kappa shape index (κ3) is 2.01. The summed E-state index contributed by atoms with van der Waals surface area (Å²) in [4.78, 5) is 12.5. The molecule has 1 aliphatic rings. The highest BCUT2D eigenvalue weighted by Crippen LogP contribution is 2.31. The highest BCUT2D eigenvalue weighted by molar-refractivity contribution is 6.11. The van der Waals surface area contributed by atoms with Crippen LogP contribution in [-0.4, -0.2) is 12.4 Å². The van der Waals surface area contributed by atoms with Crippen LogP contribution in [0.25, 0.3) is 0 Å². The quantitative estimate of drug-likeness (QED) is 0.771. The molecular weight excluding hydrogens is 243 g/mol. The second-order valence-electron chi connectivity index (χ2n) is 4.70. The maximum absolute atomic E-state index is 13.8. The van der Waals surface area contributed by atoms with E-state index in [9.17, 15) is 9.18 Å². The molecule has 19 heavy (non-hydrogen) atoms. The molecule has 96 valence electrons. The largest absolute Gasteiger partial charge is 0.492 e. The molecule has 0 fully saturated rings. The summed E-state index contributed by atoms with van der Waals surface area (Å²) in [6.45, 7) is 2.41. The van der Waals surface area contributed by atoms with Gasteiger partial charge in [0, 0.05) is 6.42 Å². The van der Waals surface area contributed by atoms with Gasteiger partial charge >= 0.3 is 0 Å². The number of benzene rings is 2. The monoisotopic (exact) mass is 256 g/mol. The zero-order valence-corrected chi connectivity index (χ0v) is 10.6. The standard InChI is InChI=1S/C16H13FO2/c1-10-5-6-14(17)13(9-10)15(18)12-4-2-3-11-7-8-19-16(11)12/h2-6,9H,7-8H2,1H3. The smallest absolute Gasteiger partial charge is 0.199 e. The molecule has 0 aliphatic carbocycles. The molecule has 0 spiro atoms. The molecule has 0 aromatic heterocycles. The average Bonchev–Trinajstić information content (AvgIpc) is 2.89. The lowest BCUT2D eigenvalue weighted by atomic mass is 9.98. The highest BCUT2D eigenvalue weighted by atomic mass is 19.1. The molecule has 0 N–H and O–H groups in total. The molecule has 2 nitrogen and oxygen atoms in total. The summed E-state index contributed by atoms with van der Waals surface area (Å²) in [7, 11) is 0. The van der Waals surface area contributed by atoms with E-state index >= 15 is 0 Å². The van der Waals surface area contributed by atoms with Crippen molar-refractivity contribution in [2.24, 2.45) is 0 Å². The van der Waals surface area contributed by atoms with E-state index in [2.05, 4.69) is 0 Å². The number of hydrogen-bond acceptors (Lipinski definition) is 2. The molecule has 2 aromatic carbocycles. The van der Waals surface area contributed by atoms with E-state index in [1.807, 2.05) is 19.1 Å². The first-order chi connectivity index (χ1) is 9.16. The van der Waals surface area contributed by atoms with Crippen LogP contribution < -0.4 is 4.74 Å². The maximum Gasteiger partial charge on any atom is 0.199 e. The Kier molecular flexibility index (Phi) is 2.82. The van der Waals surface area contributed by atoms with Crippen molar-refractivity contribution in [1.29, 1.82) is 0 Å². The van der Waals surface area contributed by atoms with Gasteiger partial charge in [-0.3, -0.25) is 4.79 Å². The first-order valence-corrected chi connectivity index (χ1v) is 6.22. The Bertz CT molecular complexity index is 662. The second kappa shape index (κ2) is 4.50. The van der Waals surface area contributed by atoms with Crippen molar-refractivity contribution in [3.63, 3.8) is 0 Å². The molecule has 3 heteroatoms. The predicted octanol–water partition coefficient (Wildman–Crippen LogP) is 3.30. The van der Waals surface area contributed by atoms with Gasteiger partial charge in [-0.2, -0.15) is 0 Å². The van der Waals surface area contributed by atoms with E-state index < -0.39 is 5.82 Å². The van der Waals surface area contributed by atoms with Crippen molar-refractivity contribution in [3.8, 4) is 5.75 Å². The zero-order valence-electron chi connectivity index (χ0n) is 10.6. The van der Waals surface area contributed by atoms with E-state index in [-0.39, 0.29) is 11.3 Å². The number of ketones is 1. The number of para-hydroxylation sites is 1. The maximum atomic E-state index is 13.8. The topological polar surface area (TPSA) is 26.3 Å². The molecule has 1 heterocycles. The number of halogens is 1. The van der Waals surface area contributed by atoms with Gasteiger partial charge in [0.05, 0.1) is 17.7 Å². The Balaban J connectivity index is 2.10. The molecule has 0 unspecified atom stereocenters. The fraction of sp³-hybridized carbons (Fsp3) is 0.188. The zero-order chi connectivity index (χ0) is 13.4. The number of carbonyl (C=O) groups is 1. The van der Waals surface area contributed by atoms with Gasteiger partial charge in [0.2, 0.25) is 0 Å². The molecule has 0 saturated heterocycles. The summed E-state index contributed by atoms with van der Waals surface area (Å²) in [6, 6.07) is 9.99. The van der Waals surface area contributed by atoms with Crippen molar-refractivity contribution in [1.82, 2.24) is 0 Å². The first kappa shape index (κ1) is 11.9. The van der Waals surface area contributed by atoms with Crippen LogP contribution in [-0.2, 0) is 6.42 Å². The van der Waals surface area contributed by atoms with Gasteiger partial charge < -0.3 is 4.74 Å². The average molecular weight is 256 g/mol. The number of fused-ring (bicyclic) bond motifs is 1. The Hall–Kier alpha value is -2.16. The Morgan fingerprint density at radius 3 is 2.89 bits per heavy atom. The Morgan fingerprint density at radius 1 is 1.21 bits per heavy atom. The van der Waals surface area contributed by atoms with E-state index in [0.29, 0.717) is 17.9 Å². The molecule has 2 aromatic rings. The van der Waals surface area contributed by atoms with E-state index in [0.717, 1.165) is 17.5 Å². The first-order valence-electron chi connectivity index (χ1n) is 6.22. The molecule has 0 atom stereocenters. The van der Waals surface area contributed by atoms with Crippen molar-refractivity contribution in [2.75, 3.05) is 6.61 Å². The van der Waals surface area contributed by atoms with Gasteiger partial charge in [-0.15, -0.1) is 0 Å². The molecule has 0 amide bonds. The molecule has 1 aliphatic heterocycles. The van der Waals surface area contributed by atoms with Crippen LogP contribution in [0.4, 0.5) is 4.39 Å². The molecule has 0 radical (unpaired) electrons. The van der Waals surface area contributed by atoms with Crippen LogP contribution in [0.5, 0.6) is 5.75 Å². The summed E-state index contributed by atoms with van der Waals surface area (Å²) >= 11 is 0. The fourth-order valence-electron chi connectivity index (χ4n) is 2.35. The molecule has 0 saturated carbocycles. The Labute approximate surface area is 110 Å². The lowest BCUT2D eigenvalue weighted by molar-refractivity contribution is 0.103. The van der Waals surface area contributed by atoms with E-state index in [4.69, 9.17) is 4.74 Å². The number of aryl methyl sites for hydroxylation is 1. The minimum absolute atomic E-state index is 0.101. The number of ether oxygens (including phenoxy) is 1. The number of rotatable bonds is 2. The van der Waals surface area contributed by atoms with Crippen molar-refractivity contribution in [2.45, 2.75) is 13.3 Å².